The first-order valence-electron chi connectivity index (χ1n) is 7.28. The van der Waals surface area contributed by atoms with Crippen molar-refractivity contribution in [1.29, 1.82) is 0 Å². The monoisotopic (exact) mass is 316 g/mol. The van der Waals surface area contributed by atoms with E-state index in [1.165, 1.54) is 0 Å². The molecule has 0 saturated heterocycles. The lowest BCUT2D eigenvalue weighted by Crippen LogP contribution is -2.35. The van der Waals surface area contributed by atoms with E-state index in [0.29, 0.717) is 0 Å². The summed E-state index contributed by atoms with van der Waals surface area (Å²) < 4.78 is 29.6. The number of allylic oxidation sites excluding steroid dienone is 1. The van der Waals surface area contributed by atoms with E-state index in [2.05, 4.69) is 13.8 Å². The molecule has 1 saturated carbocycles. The van der Waals surface area contributed by atoms with Crippen molar-refractivity contribution in [2.45, 2.75) is 72.2 Å². The molecule has 0 aromatic heterocycles. The summed E-state index contributed by atoms with van der Waals surface area (Å²) in [5.74, 6) is -0.641. The number of esters is 1. The van der Waals surface area contributed by atoms with Gasteiger partial charge in [-0.15, -0.1) is 0 Å². The third-order valence-corrected chi connectivity index (χ3v) is 6.13. The third kappa shape index (κ3) is 4.31. The molecule has 1 aliphatic carbocycles. The molecule has 21 heavy (non-hydrogen) atoms. The number of rotatable bonds is 3. The Hall–Kier alpha value is -0.840. The van der Waals surface area contributed by atoms with Crippen molar-refractivity contribution in [2.75, 3.05) is 0 Å². The molecular formula is C16H28O4S. The van der Waals surface area contributed by atoms with Gasteiger partial charge >= 0.3 is 5.97 Å². The average Bonchev–Trinajstić information content (AvgIpc) is 2.77. The van der Waals surface area contributed by atoms with Gasteiger partial charge in [0.15, 0.2) is 9.84 Å². The van der Waals surface area contributed by atoms with Gasteiger partial charge in [0.25, 0.3) is 0 Å². The van der Waals surface area contributed by atoms with Gasteiger partial charge in [0.2, 0.25) is 0 Å². The molecule has 0 aromatic rings. The van der Waals surface area contributed by atoms with Gasteiger partial charge in [-0.3, -0.25) is 0 Å². The normalized spacial score (nSPS) is 22.9. The number of sulfone groups is 1. The summed E-state index contributed by atoms with van der Waals surface area (Å²) in [6, 6.07) is 0. The molecule has 0 heterocycles. The van der Waals surface area contributed by atoms with E-state index in [9.17, 15) is 13.2 Å². The Kier molecular flexibility index (Phi) is 4.43. The molecule has 1 fully saturated rings. The van der Waals surface area contributed by atoms with Crippen molar-refractivity contribution < 1.29 is 17.9 Å². The van der Waals surface area contributed by atoms with Gasteiger partial charge < -0.3 is 4.74 Å². The zero-order chi connectivity index (χ0) is 16.9. The largest absolute Gasteiger partial charge is 0.456 e. The number of hydrogen-bond acceptors (Lipinski definition) is 4. The van der Waals surface area contributed by atoms with Crippen LogP contribution >= 0.6 is 0 Å². The van der Waals surface area contributed by atoms with Crippen LogP contribution in [0.1, 0.15) is 61.8 Å². The first-order chi connectivity index (χ1) is 9.08. The lowest BCUT2D eigenvalue weighted by Gasteiger charge is -2.24. The molecule has 0 aromatic carbocycles. The molecule has 5 heteroatoms. The Bertz CT molecular complexity index is 554. The predicted molar refractivity (Wildman–Crippen MR) is 84.5 cm³/mol. The third-order valence-electron chi connectivity index (χ3n) is 3.64. The highest BCUT2D eigenvalue weighted by molar-refractivity contribution is 7.97. The molecule has 1 aliphatic rings. The molecule has 0 bridgehead atoms. The fourth-order valence-corrected chi connectivity index (χ4v) is 3.16. The number of hydrogen-bond donors (Lipinski definition) is 0. The van der Waals surface area contributed by atoms with Crippen molar-refractivity contribution in [3.05, 3.63) is 11.0 Å². The Morgan fingerprint density at radius 3 is 1.86 bits per heavy atom. The molecule has 0 radical (unpaired) electrons. The van der Waals surface area contributed by atoms with E-state index in [-0.39, 0.29) is 16.2 Å². The second-order valence-corrected chi connectivity index (χ2v) is 11.1. The van der Waals surface area contributed by atoms with Crippen molar-refractivity contribution in [1.82, 2.24) is 0 Å². The minimum atomic E-state index is -3.73. The maximum atomic E-state index is 12.7. The van der Waals surface area contributed by atoms with E-state index in [1.54, 1.807) is 47.6 Å². The summed E-state index contributed by atoms with van der Waals surface area (Å²) in [5.41, 5.74) is -0.663. The zero-order valence-electron chi connectivity index (χ0n) is 14.4. The summed E-state index contributed by atoms with van der Waals surface area (Å²) in [6.07, 6.45) is 2.48. The van der Waals surface area contributed by atoms with E-state index in [4.69, 9.17) is 4.74 Å². The predicted octanol–water partition coefficient (Wildman–Crippen LogP) is 3.47. The van der Waals surface area contributed by atoms with Gasteiger partial charge in [-0.1, -0.05) is 19.9 Å². The van der Waals surface area contributed by atoms with Gasteiger partial charge in [-0.25, -0.2) is 13.2 Å². The number of carbonyl (C=O) groups is 1. The standard InChI is InChI=1S/C16H28O4S/c1-14(2,3)20-13(17)12(9-11-10-16(11,7)8)21(18,19)15(4,5)6/h9,11H,10H2,1-8H3. The average molecular weight is 316 g/mol. The van der Waals surface area contributed by atoms with E-state index >= 15 is 0 Å². The first-order valence-corrected chi connectivity index (χ1v) is 8.76. The van der Waals surface area contributed by atoms with Gasteiger partial charge in [0.05, 0.1) is 4.75 Å². The lowest BCUT2D eigenvalue weighted by atomic mass is 10.1. The maximum Gasteiger partial charge on any atom is 0.349 e. The summed E-state index contributed by atoms with van der Waals surface area (Å²) >= 11 is 0. The van der Waals surface area contributed by atoms with Crippen LogP contribution in [0.5, 0.6) is 0 Å². The molecule has 122 valence electrons. The molecule has 0 amide bonds. The van der Waals surface area contributed by atoms with Crippen LogP contribution in [0, 0.1) is 11.3 Å². The van der Waals surface area contributed by atoms with Crippen LogP contribution in [0.15, 0.2) is 11.0 Å². The topological polar surface area (TPSA) is 60.4 Å². The van der Waals surface area contributed by atoms with Crippen LogP contribution in [0.2, 0.25) is 0 Å². The summed E-state index contributed by atoms with van der Waals surface area (Å²) in [4.78, 5) is 12.2. The highest BCUT2D eigenvalue weighted by Gasteiger charge is 2.47. The lowest BCUT2D eigenvalue weighted by molar-refractivity contribution is -0.149. The molecule has 0 spiro atoms. The highest BCUT2D eigenvalue weighted by atomic mass is 32.2. The number of carbonyl (C=O) groups excluding carboxylic acids is 1. The van der Waals surface area contributed by atoms with Gasteiger partial charge in [0.1, 0.15) is 10.5 Å². The zero-order valence-corrected chi connectivity index (χ0v) is 15.2. The van der Waals surface area contributed by atoms with Crippen molar-refractivity contribution >= 4 is 15.8 Å². The molecule has 0 aliphatic heterocycles. The Balaban J connectivity index is 3.24. The molecule has 1 atom stereocenters. The van der Waals surface area contributed by atoms with E-state index in [0.717, 1.165) is 6.42 Å². The van der Waals surface area contributed by atoms with Gasteiger partial charge in [-0.2, -0.15) is 0 Å². The molecule has 4 nitrogen and oxygen atoms in total. The number of ether oxygens (including phenoxy) is 1. The van der Waals surface area contributed by atoms with Crippen LogP contribution in [0.3, 0.4) is 0 Å². The Labute approximate surface area is 128 Å². The fraction of sp³-hybridized carbons (Fsp3) is 0.812. The van der Waals surface area contributed by atoms with Crippen LogP contribution in [-0.2, 0) is 19.4 Å². The van der Waals surface area contributed by atoms with E-state index < -0.39 is 26.2 Å². The summed E-state index contributed by atoms with van der Waals surface area (Å²) in [5, 5.41) is 0. The van der Waals surface area contributed by atoms with Crippen molar-refractivity contribution in [2.24, 2.45) is 11.3 Å². The molecule has 1 unspecified atom stereocenters. The highest BCUT2D eigenvalue weighted by Crippen LogP contribution is 2.53. The smallest absolute Gasteiger partial charge is 0.349 e. The van der Waals surface area contributed by atoms with Crippen LogP contribution in [0.25, 0.3) is 0 Å². The minimum Gasteiger partial charge on any atom is -0.456 e. The van der Waals surface area contributed by atoms with Gasteiger partial charge in [-0.05, 0) is 59.3 Å². The fourth-order valence-electron chi connectivity index (χ4n) is 1.90. The molecule has 1 rings (SSSR count). The van der Waals surface area contributed by atoms with Crippen molar-refractivity contribution in [3.8, 4) is 0 Å². The maximum absolute atomic E-state index is 12.7. The summed E-state index contributed by atoms with van der Waals surface area (Å²) in [7, 11) is -3.73. The van der Waals surface area contributed by atoms with Crippen LogP contribution in [0.4, 0.5) is 0 Å². The van der Waals surface area contributed by atoms with Crippen molar-refractivity contribution in [3.63, 3.8) is 0 Å². The Morgan fingerprint density at radius 1 is 1.14 bits per heavy atom. The van der Waals surface area contributed by atoms with Crippen LogP contribution in [-0.4, -0.2) is 24.7 Å². The second-order valence-electron chi connectivity index (χ2n) is 8.45. The minimum absolute atomic E-state index is 0.0562. The first kappa shape index (κ1) is 18.2. The van der Waals surface area contributed by atoms with Crippen LogP contribution < -0.4 is 0 Å². The molecule has 0 N–H and O–H groups in total. The van der Waals surface area contributed by atoms with Gasteiger partial charge in [0, 0.05) is 0 Å². The second kappa shape index (κ2) is 5.11. The van der Waals surface area contributed by atoms with E-state index in [1.807, 2.05) is 0 Å². The summed E-state index contributed by atoms with van der Waals surface area (Å²) in [6.45, 7) is 14.1. The SMILES string of the molecule is CC(C)(C)OC(=O)C(=CC1CC1(C)C)S(=O)(=O)C(C)(C)C. The Morgan fingerprint density at radius 2 is 1.57 bits per heavy atom. The quantitative estimate of drug-likeness (QED) is 0.591. The molecular weight excluding hydrogens is 288 g/mol.